The first kappa shape index (κ1) is 15.4. The molecule has 2 atom stereocenters. The van der Waals surface area contributed by atoms with Gasteiger partial charge in [-0.15, -0.1) is 11.8 Å². The van der Waals surface area contributed by atoms with E-state index in [0.717, 1.165) is 10.7 Å². The van der Waals surface area contributed by atoms with Crippen molar-refractivity contribution >= 4 is 23.6 Å². The molecular weight excluding hydrogens is 278 g/mol. The quantitative estimate of drug-likeness (QED) is 0.575. The van der Waals surface area contributed by atoms with Gasteiger partial charge in [0, 0.05) is 23.7 Å². The lowest BCUT2D eigenvalue weighted by Crippen LogP contribution is -2.60. The molecule has 0 aromatic rings. The van der Waals surface area contributed by atoms with Crippen molar-refractivity contribution in [3.05, 3.63) is 10.6 Å². The molecule has 2 aliphatic rings. The molecular formula is C14H21NO4S. The molecule has 1 N–H and O–H groups in total. The highest BCUT2D eigenvalue weighted by Crippen LogP contribution is 2.48. The van der Waals surface area contributed by atoms with Crippen molar-refractivity contribution in [2.45, 2.75) is 33.2 Å². The van der Waals surface area contributed by atoms with Gasteiger partial charge in [-0.1, -0.05) is 13.8 Å². The molecule has 0 aromatic carbocycles. The highest BCUT2D eigenvalue weighted by molar-refractivity contribution is 8.03. The number of amides is 1. The second-order valence-electron chi connectivity index (χ2n) is 5.37. The average Bonchev–Trinajstić information content (AvgIpc) is 2.69. The van der Waals surface area contributed by atoms with E-state index in [4.69, 9.17) is 4.74 Å². The first-order valence-corrected chi connectivity index (χ1v) is 7.97. The fraction of sp³-hybridized carbons (Fsp3) is 0.714. The number of β-lactam (4-membered cyclic amide) rings is 1. The third kappa shape index (κ3) is 2.59. The van der Waals surface area contributed by atoms with Crippen LogP contribution in [0.4, 0.5) is 0 Å². The number of ether oxygens (including phenoxy) is 1. The number of hydrogen-bond acceptors (Lipinski definition) is 4. The number of rotatable bonds is 7. The van der Waals surface area contributed by atoms with Crippen LogP contribution in [0.5, 0.6) is 0 Å². The van der Waals surface area contributed by atoms with E-state index in [1.165, 1.54) is 16.7 Å². The van der Waals surface area contributed by atoms with Gasteiger partial charge in [-0.25, -0.2) is 4.79 Å². The minimum absolute atomic E-state index is 0.0330. The molecule has 6 heteroatoms. The summed E-state index contributed by atoms with van der Waals surface area (Å²) in [6.45, 7) is 7.22. The lowest BCUT2D eigenvalue weighted by molar-refractivity contribution is -0.157. The highest BCUT2D eigenvalue weighted by Gasteiger charge is 2.55. The fourth-order valence-electron chi connectivity index (χ4n) is 2.93. The summed E-state index contributed by atoms with van der Waals surface area (Å²) >= 11 is 1.50. The first-order chi connectivity index (χ1) is 9.49. The van der Waals surface area contributed by atoms with E-state index in [1.807, 2.05) is 20.8 Å². The standard InChI is InChI=1S/C14H21NO4S/c1-4-19-5-6-20-10-7-9-11(8(2)3)13(16)15(9)12(10)14(17)18/h8-9,11H,4-7H2,1-3H3,(H,17,18). The number of nitrogens with zero attached hydrogens (tertiary/aromatic N) is 1. The summed E-state index contributed by atoms with van der Waals surface area (Å²) in [5.74, 6) is -0.0909. The number of carbonyl (C=O) groups excluding carboxylic acids is 1. The Kier molecular flexibility index (Phi) is 4.75. The maximum Gasteiger partial charge on any atom is 0.353 e. The van der Waals surface area contributed by atoms with Crippen LogP contribution < -0.4 is 0 Å². The normalized spacial score (nSPS) is 25.2. The van der Waals surface area contributed by atoms with Gasteiger partial charge in [0.1, 0.15) is 5.70 Å². The van der Waals surface area contributed by atoms with Crippen LogP contribution in [-0.2, 0) is 14.3 Å². The van der Waals surface area contributed by atoms with Crippen molar-refractivity contribution in [1.29, 1.82) is 0 Å². The van der Waals surface area contributed by atoms with Gasteiger partial charge < -0.3 is 14.7 Å². The topological polar surface area (TPSA) is 66.8 Å². The van der Waals surface area contributed by atoms with Gasteiger partial charge >= 0.3 is 5.97 Å². The number of carbonyl (C=O) groups is 2. The Morgan fingerprint density at radius 1 is 1.55 bits per heavy atom. The maximum absolute atomic E-state index is 12.1. The van der Waals surface area contributed by atoms with Crippen molar-refractivity contribution < 1.29 is 19.4 Å². The summed E-state index contributed by atoms with van der Waals surface area (Å²) in [6.07, 6.45) is 0.674. The molecule has 1 fully saturated rings. The summed E-state index contributed by atoms with van der Waals surface area (Å²) < 4.78 is 5.27. The fourth-order valence-corrected chi connectivity index (χ4v) is 3.99. The summed E-state index contributed by atoms with van der Waals surface area (Å²) in [4.78, 5) is 25.8. The smallest absolute Gasteiger partial charge is 0.353 e. The van der Waals surface area contributed by atoms with E-state index in [1.54, 1.807) is 0 Å². The largest absolute Gasteiger partial charge is 0.477 e. The summed E-state index contributed by atoms with van der Waals surface area (Å²) in [5, 5.41) is 9.35. The zero-order valence-electron chi connectivity index (χ0n) is 12.1. The molecule has 0 bridgehead atoms. The van der Waals surface area contributed by atoms with Gasteiger partial charge in [0.25, 0.3) is 0 Å². The van der Waals surface area contributed by atoms with E-state index in [0.29, 0.717) is 19.6 Å². The Balaban J connectivity index is 2.07. The van der Waals surface area contributed by atoms with Crippen molar-refractivity contribution in [2.24, 2.45) is 11.8 Å². The number of carboxylic acids is 1. The van der Waals surface area contributed by atoms with Crippen LogP contribution in [0, 0.1) is 11.8 Å². The van der Waals surface area contributed by atoms with Gasteiger partial charge in [0.15, 0.2) is 0 Å². The van der Waals surface area contributed by atoms with Crippen LogP contribution in [0.3, 0.4) is 0 Å². The van der Waals surface area contributed by atoms with E-state index in [9.17, 15) is 14.7 Å². The minimum Gasteiger partial charge on any atom is -0.477 e. The van der Waals surface area contributed by atoms with Crippen LogP contribution in [0.1, 0.15) is 27.2 Å². The van der Waals surface area contributed by atoms with Gasteiger partial charge in [0.2, 0.25) is 5.91 Å². The Bertz CT molecular complexity index is 446. The summed E-state index contributed by atoms with van der Waals surface area (Å²) in [5.41, 5.74) is 0.193. The molecule has 0 saturated carbocycles. The van der Waals surface area contributed by atoms with E-state index in [2.05, 4.69) is 0 Å². The van der Waals surface area contributed by atoms with Gasteiger partial charge in [-0.3, -0.25) is 4.79 Å². The summed E-state index contributed by atoms with van der Waals surface area (Å²) in [7, 11) is 0. The maximum atomic E-state index is 12.1. The highest BCUT2D eigenvalue weighted by atomic mass is 32.2. The molecule has 0 aliphatic carbocycles. The molecule has 2 aliphatic heterocycles. The van der Waals surface area contributed by atoms with E-state index in [-0.39, 0.29) is 29.5 Å². The Morgan fingerprint density at radius 3 is 2.80 bits per heavy atom. The molecule has 1 amide bonds. The van der Waals surface area contributed by atoms with E-state index >= 15 is 0 Å². The second kappa shape index (κ2) is 6.18. The minimum atomic E-state index is -0.998. The number of thioether (sulfide) groups is 1. The molecule has 20 heavy (non-hydrogen) atoms. The number of aliphatic carboxylic acids is 1. The predicted molar refractivity (Wildman–Crippen MR) is 77.2 cm³/mol. The van der Waals surface area contributed by atoms with Crippen LogP contribution in [0.25, 0.3) is 0 Å². The Labute approximate surface area is 123 Å². The Hall–Kier alpha value is -1.01. The SMILES string of the molecule is CCOCCSC1=C(C(=O)O)N2C(=O)C(C(C)C)C2C1. The van der Waals surface area contributed by atoms with Gasteiger partial charge in [-0.2, -0.15) is 0 Å². The first-order valence-electron chi connectivity index (χ1n) is 6.99. The van der Waals surface area contributed by atoms with Crippen molar-refractivity contribution in [1.82, 2.24) is 4.90 Å². The zero-order valence-corrected chi connectivity index (χ0v) is 12.9. The second-order valence-corrected chi connectivity index (χ2v) is 6.56. The average molecular weight is 299 g/mol. The predicted octanol–water partition coefficient (Wildman–Crippen LogP) is 1.94. The molecule has 0 spiro atoms. The van der Waals surface area contributed by atoms with Gasteiger partial charge in [-0.05, 0) is 12.8 Å². The van der Waals surface area contributed by atoms with E-state index < -0.39 is 5.97 Å². The monoisotopic (exact) mass is 299 g/mol. The molecule has 112 valence electrons. The van der Waals surface area contributed by atoms with Crippen LogP contribution >= 0.6 is 11.8 Å². The molecule has 2 heterocycles. The third-order valence-corrected chi connectivity index (χ3v) is 4.88. The number of carboxylic acid groups (broad SMARTS) is 1. The van der Waals surface area contributed by atoms with Crippen LogP contribution in [-0.4, -0.2) is 46.9 Å². The molecule has 2 rings (SSSR count). The summed E-state index contributed by atoms with van der Waals surface area (Å²) in [6, 6.07) is 0.0446. The molecule has 5 nitrogen and oxygen atoms in total. The number of hydrogen-bond donors (Lipinski definition) is 1. The lowest BCUT2D eigenvalue weighted by Gasteiger charge is -2.45. The molecule has 1 saturated heterocycles. The number of fused-ring (bicyclic) bond motifs is 1. The Morgan fingerprint density at radius 2 is 2.25 bits per heavy atom. The lowest BCUT2D eigenvalue weighted by atomic mass is 9.79. The molecule has 2 unspecified atom stereocenters. The van der Waals surface area contributed by atoms with Gasteiger partial charge in [0.05, 0.1) is 18.6 Å². The van der Waals surface area contributed by atoms with Crippen LogP contribution in [0.15, 0.2) is 10.6 Å². The zero-order chi connectivity index (χ0) is 14.9. The molecule has 0 aromatic heterocycles. The van der Waals surface area contributed by atoms with Crippen molar-refractivity contribution in [3.8, 4) is 0 Å². The van der Waals surface area contributed by atoms with Crippen molar-refractivity contribution in [3.63, 3.8) is 0 Å². The van der Waals surface area contributed by atoms with Crippen LogP contribution in [0.2, 0.25) is 0 Å². The van der Waals surface area contributed by atoms with Crippen molar-refractivity contribution in [2.75, 3.05) is 19.0 Å². The third-order valence-electron chi connectivity index (χ3n) is 3.80. The molecule has 0 radical (unpaired) electrons.